The molecule has 0 radical (unpaired) electrons. The summed E-state index contributed by atoms with van der Waals surface area (Å²) in [4.78, 5) is 9.96. The minimum Gasteiger partial charge on any atom is -0.507 e. The molecule has 5 heteroatoms. The molecule has 222 valence electrons. The van der Waals surface area contributed by atoms with Gasteiger partial charge < -0.3 is 5.11 Å². The monoisotopic (exact) mass is 763 g/mol. The van der Waals surface area contributed by atoms with E-state index >= 15 is 0 Å². The quantitative estimate of drug-likeness (QED) is 0.178. The Morgan fingerprint density at radius 2 is 1.42 bits per heavy atom. The van der Waals surface area contributed by atoms with E-state index in [4.69, 9.17) is 4.98 Å². The first kappa shape index (κ1) is 28.9. The molecule has 0 saturated carbocycles. The van der Waals surface area contributed by atoms with Crippen molar-refractivity contribution in [2.24, 2.45) is 0 Å². The summed E-state index contributed by atoms with van der Waals surface area (Å²) in [5, 5.41) is 11.6. The van der Waals surface area contributed by atoms with Crippen molar-refractivity contribution in [3.8, 4) is 56.3 Å². The van der Waals surface area contributed by atoms with E-state index in [0.29, 0.717) is 5.75 Å². The Morgan fingerprint density at radius 3 is 2.22 bits per heavy atom. The van der Waals surface area contributed by atoms with Crippen LogP contribution >= 0.6 is 0 Å². The molecule has 2 heterocycles. The van der Waals surface area contributed by atoms with E-state index in [1.807, 2.05) is 54.7 Å². The second-order valence-electron chi connectivity index (χ2n) is 11.4. The van der Waals surface area contributed by atoms with E-state index in [0.717, 1.165) is 92.9 Å². The fourth-order valence-electron chi connectivity index (χ4n) is 6.50. The van der Waals surface area contributed by atoms with Crippen molar-refractivity contribution in [1.29, 1.82) is 0 Å². The fraction of sp³-hybridized carbons (Fsp3) is 0.100. The molecule has 4 nitrogen and oxygen atoms in total. The van der Waals surface area contributed by atoms with Gasteiger partial charge in [-0.15, -0.1) is 23.8 Å². The Morgan fingerprint density at radius 1 is 0.667 bits per heavy atom. The molecular formula is C40H30N3OPt-. The van der Waals surface area contributed by atoms with Crippen molar-refractivity contribution in [3.63, 3.8) is 0 Å². The molecule has 7 aromatic rings. The van der Waals surface area contributed by atoms with Crippen LogP contribution in [0.5, 0.6) is 5.75 Å². The Kier molecular flexibility index (Phi) is 7.91. The predicted octanol–water partition coefficient (Wildman–Crippen LogP) is 9.47. The Balaban J connectivity index is 0.00000325. The zero-order valence-electron chi connectivity index (χ0n) is 24.6. The van der Waals surface area contributed by atoms with Gasteiger partial charge in [-0.3, -0.25) is 9.55 Å². The number of phenols is 1. The summed E-state index contributed by atoms with van der Waals surface area (Å²) in [6.07, 6.45) is 5.97. The van der Waals surface area contributed by atoms with E-state index in [9.17, 15) is 5.11 Å². The van der Waals surface area contributed by atoms with Gasteiger partial charge in [0.1, 0.15) is 11.6 Å². The maximum Gasteiger partial charge on any atom is 0.148 e. The number of benzene rings is 5. The van der Waals surface area contributed by atoms with Crippen molar-refractivity contribution in [2.45, 2.75) is 25.7 Å². The van der Waals surface area contributed by atoms with Gasteiger partial charge >= 0.3 is 0 Å². The van der Waals surface area contributed by atoms with Crippen LogP contribution in [0.2, 0.25) is 0 Å². The summed E-state index contributed by atoms with van der Waals surface area (Å²) >= 11 is 0. The van der Waals surface area contributed by atoms with E-state index < -0.39 is 0 Å². The number of aromatic nitrogens is 3. The van der Waals surface area contributed by atoms with Gasteiger partial charge in [0.25, 0.3) is 0 Å². The van der Waals surface area contributed by atoms with Crippen LogP contribution < -0.4 is 0 Å². The van der Waals surface area contributed by atoms with Gasteiger partial charge in [0.05, 0.1) is 16.6 Å². The van der Waals surface area contributed by atoms with Crippen LogP contribution in [0.1, 0.15) is 24.0 Å². The third kappa shape index (κ3) is 5.30. The van der Waals surface area contributed by atoms with Gasteiger partial charge in [-0.2, -0.15) is 0 Å². The number of para-hydroxylation sites is 2. The zero-order chi connectivity index (χ0) is 29.5. The fourth-order valence-corrected chi connectivity index (χ4v) is 6.50. The molecule has 1 N–H and O–H groups in total. The first-order valence-corrected chi connectivity index (χ1v) is 15.2. The summed E-state index contributed by atoms with van der Waals surface area (Å²) in [5.74, 6) is 1.08. The number of aromatic hydroxyl groups is 1. The third-order valence-corrected chi connectivity index (χ3v) is 8.65. The first-order chi connectivity index (χ1) is 21.7. The molecule has 0 aliphatic heterocycles. The van der Waals surface area contributed by atoms with E-state index in [1.165, 1.54) is 5.56 Å². The molecule has 2 aromatic heterocycles. The van der Waals surface area contributed by atoms with Crippen LogP contribution in [0.4, 0.5) is 0 Å². The summed E-state index contributed by atoms with van der Waals surface area (Å²) in [5.41, 5.74) is 11.8. The maximum atomic E-state index is 11.6. The molecule has 0 atom stereocenters. The molecule has 0 spiro atoms. The second-order valence-corrected chi connectivity index (χ2v) is 11.4. The van der Waals surface area contributed by atoms with Crippen LogP contribution in [0.3, 0.4) is 0 Å². The number of imidazole rings is 1. The van der Waals surface area contributed by atoms with Crippen LogP contribution in [-0.4, -0.2) is 19.6 Å². The number of hydrogen-bond donors (Lipinski definition) is 1. The van der Waals surface area contributed by atoms with Gasteiger partial charge in [-0.1, -0.05) is 95.6 Å². The SMILES string of the molecule is Oc1c(-c2nc3c(-c4[c-]c(-c5ccccn5)cc(-c5ccccc5)c4)cccc3n2-c2ccccc2)ccc2c1CCCC2.[Pt]. The number of nitrogens with zero attached hydrogens (tertiary/aromatic N) is 3. The molecule has 0 saturated heterocycles. The maximum absolute atomic E-state index is 11.6. The summed E-state index contributed by atoms with van der Waals surface area (Å²) < 4.78 is 2.17. The van der Waals surface area contributed by atoms with E-state index in [1.54, 1.807) is 0 Å². The van der Waals surface area contributed by atoms with Crippen molar-refractivity contribution in [3.05, 3.63) is 145 Å². The molecule has 0 unspecified atom stereocenters. The molecule has 5 aromatic carbocycles. The molecule has 0 fully saturated rings. The number of rotatable bonds is 5. The molecule has 45 heavy (non-hydrogen) atoms. The van der Waals surface area contributed by atoms with Crippen molar-refractivity contribution in [1.82, 2.24) is 14.5 Å². The zero-order valence-corrected chi connectivity index (χ0v) is 26.8. The molecule has 1 aliphatic carbocycles. The third-order valence-electron chi connectivity index (χ3n) is 8.65. The predicted molar refractivity (Wildman–Crippen MR) is 178 cm³/mol. The first-order valence-electron chi connectivity index (χ1n) is 15.2. The van der Waals surface area contributed by atoms with Gasteiger partial charge in [-0.25, -0.2) is 4.98 Å². The summed E-state index contributed by atoms with van der Waals surface area (Å²) in [7, 11) is 0. The Hall–Kier alpha value is -4.79. The molecule has 8 rings (SSSR count). The topological polar surface area (TPSA) is 50.9 Å². The smallest absolute Gasteiger partial charge is 0.148 e. The van der Waals surface area contributed by atoms with Gasteiger partial charge in [-0.05, 0) is 72.7 Å². The van der Waals surface area contributed by atoms with Gasteiger partial charge in [0, 0.05) is 38.6 Å². The minimum absolute atomic E-state index is 0. The largest absolute Gasteiger partial charge is 0.507 e. The molecule has 1 aliphatic rings. The standard InChI is InChI=1S/C40H30N3O.Pt/c44-39-34-17-8-7-14-28(34)21-22-35(39)40-42-38-33(18-11-20-37(38)43(40)32-15-5-2-6-16-32)30-24-29(27-12-3-1-4-13-27)25-31(26-30)36-19-9-10-23-41-36;/h1-6,9-13,15-16,18-25,44H,7-8,14,17H2;/q-1;. The molecular weight excluding hydrogens is 734 g/mol. The Bertz CT molecular complexity index is 2070. The minimum atomic E-state index is 0. The van der Waals surface area contributed by atoms with Crippen LogP contribution in [0.15, 0.2) is 128 Å². The molecule has 0 amide bonds. The number of aryl methyl sites for hydroxylation is 1. The normalized spacial score (nSPS) is 12.4. The Labute approximate surface area is 277 Å². The van der Waals surface area contributed by atoms with Gasteiger partial charge in [0.2, 0.25) is 0 Å². The van der Waals surface area contributed by atoms with Crippen LogP contribution in [0, 0.1) is 6.07 Å². The van der Waals surface area contributed by atoms with Crippen LogP contribution in [-0.2, 0) is 33.9 Å². The summed E-state index contributed by atoms with van der Waals surface area (Å²) in [6.45, 7) is 0. The molecule has 0 bridgehead atoms. The van der Waals surface area contributed by atoms with Crippen molar-refractivity contribution in [2.75, 3.05) is 0 Å². The van der Waals surface area contributed by atoms with E-state index in [-0.39, 0.29) is 21.1 Å². The number of phenolic OH excluding ortho intramolecular Hbond substituents is 1. The number of pyridine rings is 1. The summed E-state index contributed by atoms with van der Waals surface area (Å²) in [6, 6.07) is 45.2. The number of hydrogen-bond acceptors (Lipinski definition) is 3. The average Bonchev–Trinajstić information content (AvgIpc) is 3.49. The van der Waals surface area contributed by atoms with Crippen molar-refractivity contribution < 1.29 is 26.2 Å². The second kappa shape index (κ2) is 12.3. The van der Waals surface area contributed by atoms with Gasteiger partial charge in [0.15, 0.2) is 0 Å². The van der Waals surface area contributed by atoms with Crippen LogP contribution in [0.25, 0.3) is 61.6 Å². The van der Waals surface area contributed by atoms with Crippen molar-refractivity contribution >= 4 is 11.0 Å². The van der Waals surface area contributed by atoms with E-state index in [2.05, 4.69) is 88.4 Å². The average molecular weight is 764 g/mol. The number of fused-ring (bicyclic) bond motifs is 2.